The largest absolute Gasteiger partial charge is 0.497 e. The van der Waals surface area contributed by atoms with Gasteiger partial charge in [-0.05, 0) is 25.0 Å². The summed E-state index contributed by atoms with van der Waals surface area (Å²) in [5.41, 5.74) is 0.421. The van der Waals surface area contributed by atoms with E-state index in [9.17, 15) is 4.79 Å². The smallest absolute Gasteiger partial charge is 0.331 e. The molecule has 0 aliphatic heterocycles. The van der Waals surface area contributed by atoms with E-state index in [1.165, 1.54) is 7.11 Å². The minimum atomic E-state index is -0.854. The summed E-state index contributed by atoms with van der Waals surface area (Å²) in [6.45, 7) is 0. The molecule has 0 amide bonds. The molecular weight excluding hydrogens is 144 g/mol. The van der Waals surface area contributed by atoms with E-state index < -0.39 is 5.97 Å². The summed E-state index contributed by atoms with van der Waals surface area (Å²) in [4.78, 5) is 10.5. The van der Waals surface area contributed by atoms with Crippen molar-refractivity contribution in [3.05, 3.63) is 23.5 Å². The van der Waals surface area contributed by atoms with Crippen LogP contribution in [0, 0.1) is 0 Å². The van der Waals surface area contributed by atoms with E-state index in [1.807, 2.05) is 6.08 Å². The number of allylic oxidation sites excluding steroid dienone is 2. The van der Waals surface area contributed by atoms with Crippen molar-refractivity contribution >= 4 is 5.97 Å². The average Bonchev–Trinajstić information content (AvgIpc) is 2.05. The highest BCUT2D eigenvalue weighted by molar-refractivity contribution is 5.87. The van der Waals surface area contributed by atoms with Crippen LogP contribution in [0.3, 0.4) is 0 Å². The van der Waals surface area contributed by atoms with Gasteiger partial charge in [0, 0.05) is 5.57 Å². The summed E-state index contributed by atoms with van der Waals surface area (Å²) < 4.78 is 4.89. The lowest BCUT2D eigenvalue weighted by molar-refractivity contribution is -0.132. The predicted molar refractivity (Wildman–Crippen MR) is 40.0 cm³/mol. The topological polar surface area (TPSA) is 46.5 Å². The Morgan fingerprint density at radius 1 is 1.73 bits per heavy atom. The van der Waals surface area contributed by atoms with Crippen molar-refractivity contribution in [2.45, 2.75) is 12.8 Å². The Labute approximate surface area is 65.0 Å². The number of methoxy groups -OCH3 is 1. The van der Waals surface area contributed by atoms with E-state index in [0.717, 1.165) is 6.42 Å². The van der Waals surface area contributed by atoms with Crippen molar-refractivity contribution in [1.82, 2.24) is 0 Å². The Balaban J connectivity index is 2.76. The lowest BCUT2D eigenvalue weighted by Gasteiger charge is -2.08. The van der Waals surface area contributed by atoms with Gasteiger partial charge in [0.25, 0.3) is 0 Å². The molecule has 3 nitrogen and oxygen atoms in total. The van der Waals surface area contributed by atoms with Gasteiger partial charge in [-0.3, -0.25) is 0 Å². The summed E-state index contributed by atoms with van der Waals surface area (Å²) in [5, 5.41) is 8.60. The molecule has 0 atom stereocenters. The van der Waals surface area contributed by atoms with E-state index in [1.54, 1.807) is 6.08 Å². The average molecular weight is 154 g/mol. The lowest BCUT2D eigenvalue weighted by atomic mass is 10.0. The molecule has 0 bridgehead atoms. The first-order chi connectivity index (χ1) is 5.24. The summed E-state index contributed by atoms with van der Waals surface area (Å²) in [7, 11) is 1.53. The molecule has 0 aromatic rings. The number of hydrogen-bond acceptors (Lipinski definition) is 2. The predicted octanol–water partition coefficient (Wildman–Crippen LogP) is 1.32. The zero-order valence-corrected chi connectivity index (χ0v) is 6.33. The van der Waals surface area contributed by atoms with Crippen LogP contribution in [-0.4, -0.2) is 18.2 Å². The highest BCUT2D eigenvalue weighted by Gasteiger charge is 2.11. The van der Waals surface area contributed by atoms with Crippen LogP contribution in [-0.2, 0) is 9.53 Å². The van der Waals surface area contributed by atoms with Crippen LogP contribution in [0.25, 0.3) is 0 Å². The van der Waals surface area contributed by atoms with Gasteiger partial charge in [0.1, 0.15) is 5.76 Å². The number of carboxylic acid groups (broad SMARTS) is 1. The molecule has 1 N–H and O–H groups in total. The van der Waals surface area contributed by atoms with Gasteiger partial charge in [-0.2, -0.15) is 0 Å². The fourth-order valence-electron chi connectivity index (χ4n) is 0.984. The molecule has 11 heavy (non-hydrogen) atoms. The van der Waals surface area contributed by atoms with Gasteiger partial charge in [-0.1, -0.05) is 0 Å². The van der Waals surface area contributed by atoms with Gasteiger partial charge in [0.05, 0.1) is 7.11 Å². The molecule has 0 aromatic heterocycles. The first-order valence-corrected chi connectivity index (χ1v) is 3.42. The number of carbonyl (C=O) groups is 1. The van der Waals surface area contributed by atoms with Crippen molar-refractivity contribution in [3.8, 4) is 0 Å². The Bertz CT molecular complexity index is 225. The minimum absolute atomic E-state index is 0.421. The van der Waals surface area contributed by atoms with Crippen LogP contribution in [0.5, 0.6) is 0 Å². The Kier molecular flexibility index (Phi) is 2.31. The fourth-order valence-corrected chi connectivity index (χ4v) is 0.984. The number of carboxylic acids is 1. The Hall–Kier alpha value is -1.25. The van der Waals surface area contributed by atoms with Crippen LogP contribution in [0.2, 0.25) is 0 Å². The quantitative estimate of drug-likeness (QED) is 0.652. The van der Waals surface area contributed by atoms with Gasteiger partial charge in [-0.25, -0.2) is 4.79 Å². The molecule has 1 rings (SSSR count). The molecule has 60 valence electrons. The van der Waals surface area contributed by atoms with Gasteiger partial charge >= 0.3 is 5.97 Å². The van der Waals surface area contributed by atoms with Gasteiger partial charge in [0.2, 0.25) is 0 Å². The molecule has 0 saturated carbocycles. The van der Waals surface area contributed by atoms with Crippen molar-refractivity contribution in [2.24, 2.45) is 0 Å². The molecule has 0 heterocycles. The molecule has 1 aliphatic carbocycles. The van der Waals surface area contributed by atoms with E-state index >= 15 is 0 Å². The Morgan fingerprint density at radius 3 is 3.00 bits per heavy atom. The van der Waals surface area contributed by atoms with Crippen LogP contribution < -0.4 is 0 Å². The summed E-state index contributed by atoms with van der Waals surface area (Å²) in [5.74, 6) is -0.207. The van der Waals surface area contributed by atoms with Crippen LogP contribution >= 0.6 is 0 Å². The third-order valence-corrected chi connectivity index (χ3v) is 1.59. The van der Waals surface area contributed by atoms with E-state index in [0.29, 0.717) is 17.8 Å². The summed E-state index contributed by atoms with van der Waals surface area (Å²) in [6.07, 6.45) is 4.79. The molecule has 0 unspecified atom stereocenters. The SMILES string of the molecule is COC1=CCCC(C(=O)O)=C1. The normalized spacial score (nSPS) is 16.8. The van der Waals surface area contributed by atoms with Crippen molar-refractivity contribution in [2.75, 3.05) is 7.11 Å². The minimum Gasteiger partial charge on any atom is -0.497 e. The number of aliphatic carboxylic acids is 1. The summed E-state index contributed by atoms with van der Waals surface area (Å²) >= 11 is 0. The fraction of sp³-hybridized carbons (Fsp3) is 0.375. The second-order valence-electron chi connectivity index (χ2n) is 2.32. The molecule has 1 aliphatic rings. The zero-order chi connectivity index (χ0) is 8.27. The van der Waals surface area contributed by atoms with E-state index in [-0.39, 0.29) is 0 Å². The number of hydrogen-bond donors (Lipinski definition) is 1. The van der Waals surface area contributed by atoms with E-state index in [2.05, 4.69) is 0 Å². The zero-order valence-electron chi connectivity index (χ0n) is 6.33. The third kappa shape index (κ3) is 1.83. The van der Waals surface area contributed by atoms with Gasteiger partial charge in [0.15, 0.2) is 0 Å². The van der Waals surface area contributed by atoms with Crippen molar-refractivity contribution < 1.29 is 14.6 Å². The molecule has 3 heteroatoms. The van der Waals surface area contributed by atoms with Crippen LogP contribution in [0.1, 0.15) is 12.8 Å². The van der Waals surface area contributed by atoms with Crippen LogP contribution in [0.15, 0.2) is 23.5 Å². The Morgan fingerprint density at radius 2 is 2.45 bits per heavy atom. The molecule has 0 aromatic carbocycles. The highest BCUT2D eigenvalue weighted by atomic mass is 16.5. The lowest BCUT2D eigenvalue weighted by Crippen LogP contribution is -2.04. The van der Waals surface area contributed by atoms with Crippen molar-refractivity contribution in [1.29, 1.82) is 0 Å². The molecule has 0 radical (unpaired) electrons. The second-order valence-corrected chi connectivity index (χ2v) is 2.32. The molecule has 0 fully saturated rings. The van der Waals surface area contributed by atoms with Gasteiger partial charge in [-0.15, -0.1) is 0 Å². The molecule has 0 saturated heterocycles. The second kappa shape index (κ2) is 3.23. The first kappa shape index (κ1) is 7.85. The number of ether oxygens (including phenoxy) is 1. The highest BCUT2D eigenvalue weighted by Crippen LogP contribution is 2.17. The van der Waals surface area contributed by atoms with E-state index in [4.69, 9.17) is 9.84 Å². The van der Waals surface area contributed by atoms with Crippen LogP contribution in [0.4, 0.5) is 0 Å². The van der Waals surface area contributed by atoms with Crippen molar-refractivity contribution in [3.63, 3.8) is 0 Å². The maximum atomic E-state index is 10.5. The van der Waals surface area contributed by atoms with Gasteiger partial charge < -0.3 is 9.84 Å². The third-order valence-electron chi connectivity index (χ3n) is 1.59. The first-order valence-electron chi connectivity index (χ1n) is 3.42. The maximum Gasteiger partial charge on any atom is 0.331 e. The molecule has 0 spiro atoms. The number of rotatable bonds is 2. The monoisotopic (exact) mass is 154 g/mol. The maximum absolute atomic E-state index is 10.5. The molecular formula is C8H10O3. The standard InChI is InChI=1S/C8H10O3/c1-11-7-4-2-3-6(5-7)8(9)10/h4-5H,2-3H2,1H3,(H,9,10). The summed E-state index contributed by atoms with van der Waals surface area (Å²) in [6, 6.07) is 0.